The molecule has 0 radical (unpaired) electrons. The number of hydrogen-bond acceptors (Lipinski definition) is 5. The quantitative estimate of drug-likeness (QED) is 0.318. The molecule has 0 amide bonds. The predicted molar refractivity (Wildman–Crippen MR) is 132 cm³/mol. The van der Waals surface area contributed by atoms with Crippen molar-refractivity contribution >= 4 is 55.1 Å². The van der Waals surface area contributed by atoms with E-state index in [1.807, 2.05) is 54.6 Å². The Balaban J connectivity index is 1.47. The molecule has 0 spiro atoms. The zero-order valence-corrected chi connectivity index (χ0v) is 19.9. The second-order valence-electron chi connectivity index (χ2n) is 6.81. The molecule has 2 aromatic carbocycles. The molecule has 0 unspecified atom stereocenters. The summed E-state index contributed by atoms with van der Waals surface area (Å²) < 4.78 is 29.4. The monoisotopic (exact) mass is 531 g/mol. The van der Waals surface area contributed by atoms with Gasteiger partial charge in [-0.1, -0.05) is 60.1 Å². The Labute approximate surface area is 199 Å². The van der Waals surface area contributed by atoms with Gasteiger partial charge >= 0.3 is 0 Å². The minimum absolute atomic E-state index is 0.190. The van der Waals surface area contributed by atoms with Crippen molar-refractivity contribution in [1.29, 1.82) is 0 Å². The van der Waals surface area contributed by atoms with E-state index in [1.165, 1.54) is 0 Å². The van der Waals surface area contributed by atoms with Crippen LogP contribution in [-0.2, 0) is 10.0 Å². The van der Waals surface area contributed by atoms with E-state index in [0.717, 1.165) is 21.0 Å². The van der Waals surface area contributed by atoms with Gasteiger partial charge in [-0.25, -0.2) is 18.1 Å². The van der Waals surface area contributed by atoms with Crippen molar-refractivity contribution in [1.82, 2.24) is 19.3 Å². The number of halogens is 2. The molecule has 0 saturated heterocycles. The van der Waals surface area contributed by atoms with Crippen LogP contribution >= 0.6 is 27.5 Å². The third-order valence-corrected chi connectivity index (χ3v) is 6.54. The first kappa shape index (κ1) is 22.5. The normalized spacial score (nSPS) is 11.9. The molecule has 2 heterocycles. The molecule has 7 nitrogen and oxygen atoms in total. The second kappa shape index (κ2) is 9.83. The maximum atomic E-state index is 12.2. The van der Waals surface area contributed by atoms with Gasteiger partial charge in [0.2, 0.25) is 10.0 Å². The van der Waals surface area contributed by atoms with Crippen molar-refractivity contribution < 1.29 is 8.42 Å². The summed E-state index contributed by atoms with van der Waals surface area (Å²) in [4.78, 5) is 4.66. The fourth-order valence-electron chi connectivity index (χ4n) is 3.03. The predicted octanol–water partition coefficient (Wildman–Crippen LogP) is 4.81. The number of aromatic nitrogens is 3. The van der Waals surface area contributed by atoms with Crippen LogP contribution in [0.1, 0.15) is 5.56 Å². The van der Waals surface area contributed by atoms with E-state index in [2.05, 4.69) is 36.1 Å². The molecule has 0 aliphatic rings. The highest BCUT2D eigenvalue weighted by molar-refractivity contribution is 9.10. The molecule has 32 heavy (non-hydrogen) atoms. The summed E-state index contributed by atoms with van der Waals surface area (Å²) >= 11 is 9.81. The van der Waals surface area contributed by atoms with Crippen LogP contribution in [0.3, 0.4) is 0 Å². The van der Waals surface area contributed by atoms with Crippen LogP contribution in [0.5, 0.6) is 0 Å². The number of hydrogen-bond donors (Lipinski definition) is 2. The van der Waals surface area contributed by atoms with E-state index in [9.17, 15) is 8.42 Å². The van der Waals surface area contributed by atoms with E-state index in [4.69, 9.17) is 11.6 Å². The number of nitrogens with one attached hydrogen (secondary N) is 2. The van der Waals surface area contributed by atoms with Crippen LogP contribution in [0.4, 0.5) is 5.82 Å². The molecule has 0 atom stereocenters. The van der Waals surface area contributed by atoms with Gasteiger partial charge in [-0.2, -0.15) is 9.61 Å². The first-order valence-electron chi connectivity index (χ1n) is 9.69. The molecule has 0 aliphatic heterocycles. The lowest BCUT2D eigenvalue weighted by molar-refractivity contribution is 0.592. The standard InChI is InChI=1S/C22H19BrClN5O2S/c23-18-15-26-29-21(14-20(28-22(18)29)17-8-4-5-9-19(17)24)25-11-12-27-32(30,31)13-10-16-6-2-1-3-7-16/h1-10,13-15,25,27H,11-12H2. The van der Waals surface area contributed by atoms with Crippen LogP contribution < -0.4 is 10.0 Å². The number of anilines is 1. The van der Waals surface area contributed by atoms with Gasteiger partial charge in [0.1, 0.15) is 5.82 Å². The van der Waals surface area contributed by atoms with Gasteiger partial charge in [0.25, 0.3) is 0 Å². The molecule has 0 bridgehead atoms. The number of benzene rings is 2. The van der Waals surface area contributed by atoms with E-state index < -0.39 is 10.0 Å². The minimum Gasteiger partial charge on any atom is -0.369 e. The minimum atomic E-state index is -3.56. The first-order valence-corrected chi connectivity index (χ1v) is 12.4. The largest absolute Gasteiger partial charge is 0.369 e. The van der Waals surface area contributed by atoms with E-state index >= 15 is 0 Å². The van der Waals surface area contributed by atoms with Crippen molar-refractivity contribution in [2.45, 2.75) is 0 Å². The average molecular weight is 533 g/mol. The SMILES string of the molecule is O=S(=O)(C=Cc1ccccc1)NCCNc1cc(-c2ccccc2Cl)nc2c(Br)cnn12. The van der Waals surface area contributed by atoms with Gasteiger partial charge < -0.3 is 5.32 Å². The van der Waals surface area contributed by atoms with Gasteiger partial charge in [0.05, 0.1) is 16.4 Å². The van der Waals surface area contributed by atoms with Crippen molar-refractivity contribution in [2.24, 2.45) is 0 Å². The van der Waals surface area contributed by atoms with Gasteiger partial charge in [0, 0.05) is 35.2 Å². The van der Waals surface area contributed by atoms with Crippen LogP contribution in [0.25, 0.3) is 23.0 Å². The van der Waals surface area contributed by atoms with Gasteiger partial charge in [0.15, 0.2) is 5.65 Å². The molecule has 0 saturated carbocycles. The van der Waals surface area contributed by atoms with Gasteiger partial charge in [-0.05, 0) is 33.6 Å². The Hall–Kier alpha value is -2.72. The smallest absolute Gasteiger partial charge is 0.233 e. The Kier molecular flexibility index (Phi) is 6.90. The Bertz CT molecular complexity index is 1370. The molecule has 10 heteroatoms. The highest BCUT2D eigenvalue weighted by atomic mass is 79.9. The van der Waals surface area contributed by atoms with Crippen molar-refractivity contribution in [3.8, 4) is 11.3 Å². The zero-order valence-electron chi connectivity index (χ0n) is 16.7. The first-order chi connectivity index (χ1) is 15.4. The van der Waals surface area contributed by atoms with E-state index in [1.54, 1.807) is 22.9 Å². The van der Waals surface area contributed by atoms with Crippen molar-refractivity contribution in [3.63, 3.8) is 0 Å². The highest BCUT2D eigenvalue weighted by Crippen LogP contribution is 2.30. The summed E-state index contributed by atoms with van der Waals surface area (Å²) in [6.07, 6.45) is 3.21. The van der Waals surface area contributed by atoms with Crippen molar-refractivity contribution in [2.75, 3.05) is 18.4 Å². The van der Waals surface area contributed by atoms with E-state index in [0.29, 0.717) is 28.7 Å². The molecule has 4 aromatic rings. The highest BCUT2D eigenvalue weighted by Gasteiger charge is 2.13. The maximum Gasteiger partial charge on any atom is 0.233 e. The summed E-state index contributed by atoms with van der Waals surface area (Å²) in [6, 6.07) is 18.5. The lowest BCUT2D eigenvalue weighted by Gasteiger charge is -2.12. The summed E-state index contributed by atoms with van der Waals surface area (Å²) in [7, 11) is -3.56. The maximum absolute atomic E-state index is 12.2. The van der Waals surface area contributed by atoms with Crippen LogP contribution in [0.15, 0.2) is 76.7 Å². The molecule has 0 fully saturated rings. The topological polar surface area (TPSA) is 88.4 Å². The Morgan fingerprint density at radius 1 is 1.06 bits per heavy atom. The van der Waals surface area contributed by atoms with Crippen LogP contribution in [-0.4, -0.2) is 36.1 Å². The molecule has 4 rings (SSSR count). The second-order valence-corrected chi connectivity index (χ2v) is 9.73. The summed E-state index contributed by atoms with van der Waals surface area (Å²) in [5.41, 5.74) is 2.90. The average Bonchev–Trinajstić information content (AvgIpc) is 3.17. The van der Waals surface area contributed by atoms with Crippen LogP contribution in [0, 0.1) is 0 Å². The summed E-state index contributed by atoms with van der Waals surface area (Å²) in [5.74, 6) is 0.662. The van der Waals surface area contributed by atoms with Gasteiger partial charge in [-0.3, -0.25) is 0 Å². The Morgan fingerprint density at radius 2 is 1.81 bits per heavy atom. The number of fused-ring (bicyclic) bond motifs is 1. The lowest BCUT2D eigenvalue weighted by atomic mass is 10.1. The Morgan fingerprint density at radius 3 is 2.59 bits per heavy atom. The third kappa shape index (κ3) is 5.36. The van der Waals surface area contributed by atoms with E-state index in [-0.39, 0.29) is 6.54 Å². The molecular weight excluding hydrogens is 514 g/mol. The number of rotatable bonds is 8. The number of nitrogens with zero attached hydrogens (tertiary/aromatic N) is 3. The van der Waals surface area contributed by atoms with Crippen molar-refractivity contribution in [3.05, 3.63) is 87.3 Å². The zero-order chi connectivity index (χ0) is 22.6. The van der Waals surface area contributed by atoms with Crippen LogP contribution in [0.2, 0.25) is 5.02 Å². The molecule has 0 aliphatic carbocycles. The number of sulfonamides is 1. The summed E-state index contributed by atoms with van der Waals surface area (Å²) in [5, 5.41) is 9.30. The molecule has 164 valence electrons. The molecule has 2 aromatic heterocycles. The molecular formula is C22H19BrClN5O2S. The summed E-state index contributed by atoms with van der Waals surface area (Å²) in [6.45, 7) is 0.534. The lowest BCUT2D eigenvalue weighted by Crippen LogP contribution is -2.27. The third-order valence-electron chi connectivity index (χ3n) is 4.55. The van der Waals surface area contributed by atoms with Gasteiger partial charge in [-0.15, -0.1) is 0 Å². The molecule has 2 N–H and O–H groups in total. The fourth-order valence-corrected chi connectivity index (χ4v) is 4.43. The fraction of sp³-hybridized carbons (Fsp3) is 0.0909.